The molecule has 1 atom stereocenters. The van der Waals surface area contributed by atoms with Gasteiger partial charge in [-0.15, -0.1) is 0 Å². The van der Waals surface area contributed by atoms with Crippen molar-refractivity contribution in [3.63, 3.8) is 0 Å². The summed E-state index contributed by atoms with van der Waals surface area (Å²) in [6.45, 7) is 4.10. The number of halogens is 1. The molecule has 1 amide bonds. The molecule has 1 saturated heterocycles. The van der Waals surface area contributed by atoms with Gasteiger partial charge >= 0.3 is 11.9 Å². The number of hydrogen-bond acceptors (Lipinski definition) is 11. The second kappa shape index (κ2) is 10.8. The van der Waals surface area contributed by atoms with Gasteiger partial charge in [-0.25, -0.2) is 9.78 Å². The van der Waals surface area contributed by atoms with Gasteiger partial charge in [0, 0.05) is 5.56 Å². The molecule has 0 unspecified atom stereocenters. The van der Waals surface area contributed by atoms with Gasteiger partial charge in [0.15, 0.2) is 28.1 Å². The molecule has 2 aromatic carbocycles. The zero-order valence-electron chi connectivity index (χ0n) is 21.5. The molecule has 0 spiro atoms. The summed E-state index contributed by atoms with van der Waals surface area (Å²) in [7, 11) is 1.35. The summed E-state index contributed by atoms with van der Waals surface area (Å²) in [6, 6.07) is 6.43. The number of aliphatic hydroxyl groups is 1. The average Bonchev–Trinajstić information content (AvgIpc) is 3.46. The fourth-order valence-electron chi connectivity index (χ4n) is 4.47. The molecule has 2 N–H and O–H groups in total. The number of aromatic nitrogens is 1. The van der Waals surface area contributed by atoms with E-state index >= 15 is 0 Å². The Morgan fingerprint density at radius 1 is 1.20 bits per heavy atom. The van der Waals surface area contributed by atoms with Crippen molar-refractivity contribution in [3.8, 4) is 23.0 Å². The van der Waals surface area contributed by atoms with Crippen LogP contribution in [0.5, 0.6) is 23.0 Å². The summed E-state index contributed by atoms with van der Waals surface area (Å²) < 4.78 is 21.8. The van der Waals surface area contributed by atoms with Gasteiger partial charge in [-0.2, -0.15) is 0 Å². The third-order valence-electron chi connectivity index (χ3n) is 6.30. The van der Waals surface area contributed by atoms with Gasteiger partial charge < -0.3 is 29.2 Å². The number of hydrogen-bond donors (Lipinski definition) is 2. The SMILES string of the molecule is CCOC(=O)c1sc(N2C(=O)C(=O)/C(=C(/O)c3ccc4c(c3)OCCO4)[C@H]2c2cc(Br)c(O)c(OC)c2)nc1C. The van der Waals surface area contributed by atoms with Crippen LogP contribution < -0.4 is 19.1 Å². The second-order valence-electron chi connectivity index (χ2n) is 8.71. The van der Waals surface area contributed by atoms with Crippen LogP contribution in [0.4, 0.5) is 5.13 Å². The number of methoxy groups -OCH3 is 1. The molecule has 2 aliphatic heterocycles. The summed E-state index contributed by atoms with van der Waals surface area (Å²) in [6.07, 6.45) is 0. The summed E-state index contributed by atoms with van der Waals surface area (Å²) in [4.78, 5) is 45.3. The fraction of sp³-hybridized carbons (Fsp3) is 0.259. The number of fused-ring (bicyclic) bond motifs is 1. The van der Waals surface area contributed by atoms with Gasteiger partial charge in [-0.05, 0) is 65.7 Å². The largest absolute Gasteiger partial charge is 0.507 e. The molecule has 13 heteroatoms. The molecule has 208 valence electrons. The Morgan fingerprint density at radius 2 is 1.93 bits per heavy atom. The topological polar surface area (TPSA) is 145 Å². The van der Waals surface area contributed by atoms with E-state index in [9.17, 15) is 24.6 Å². The van der Waals surface area contributed by atoms with Crippen LogP contribution in [0.2, 0.25) is 0 Å². The summed E-state index contributed by atoms with van der Waals surface area (Å²) in [5.41, 5.74) is 0.632. The lowest BCUT2D eigenvalue weighted by molar-refractivity contribution is -0.132. The van der Waals surface area contributed by atoms with Crippen molar-refractivity contribution in [2.45, 2.75) is 19.9 Å². The van der Waals surface area contributed by atoms with Crippen molar-refractivity contribution in [1.82, 2.24) is 4.98 Å². The molecule has 0 aliphatic carbocycles. The second-order valence-corrected chi connectivity index (χ2v) is 10.5. The molecule has 1 fully saturated rings. The van der Waals surface area contributed by atoms with E-state index in [0.29, 0.717) is 36.0 Å². The number of aromatic hydroxyl groups is 1. The van der Waals surface area contributed by atoms with Crippen LogP contribution in [0.1, 0.15) is 39.5 Å². The van der Waals surface area contributed by atoms with E-state index in [1.807, 2.05) is 0 Å². The Labute approximate surface area is 240 Å². The zero-order chi connectivity index (χ0) is 28.7. The lowest BCUT2D eigenvalue weighted by Gasteiger charge is -2.24. The number of rotatable bonds is 6. The average molecular weight is 631 g/mol. The Morgan fingerprint density at radius 3 is 2.62 bits per heavy atom. The number of esters is 1. The predicted molar refractivity (Wildman–Crippen MR) is 147 cm³/mol. The molecule has 1 aromatic heterocycles. The van der Waals surface area contributed by atoms with Crippen molar-refractivity contribution in [2.24, 2.45) is 0 Å². The van der Waals surface area contributed by atoms with Crippen LogP contribution in [0.3, 0.4) is 0 Å². The third-order valence-corrected chi connectivity index (χ3v) is 8.04. The number of ether oxygens (including phenoxy) is 4. The number of carbonyl (C=O) groups excluding carboxylic acids is 3. The molecule has 3 aromatic rings. The maximum absolute atomic E-state index is 13.5. The predicted octanol–water partition coefficient (Wildman–Crippen LogP) is 4.50. The number of ketones is 1. The van der Waals surface area contributed by atoms with Crippen LogP contribution >= 0.6 is 27.3 Å². The number of aliphatic hydroxyl groups excluding tert-OH is 1. The standard InChI is InChI=1S/C27H23BrN2O9S/c1-4-37-26(35)24-12(2)29-27(40-24)30-20(14-9-15(28)22(32)18(11-14)36-3)19(23(33)25(30)34)21(31)13-5-6-16-17(10-13)39-8-7-38-16/h5-6,9-11,20,31-32H,4,7-8H2,1-3H3/b21-19+/t20-/m1/s1. The number of carbonyl (C=O) groups is 3. The molecular weight excluding hydrogens is 608 g/mol. The first-order chi connectivity index (χ1) is 19.2. The number of phenols is 1. The number of amides is 1. The zero-order valence-corrected chi connectivity index (χ0v) is 23.9. The Balaban J connectivity index is 1.72. The number of Topliss-reactive ketones (excluding diaryl/α,β-unsaturated/α-hetero) is 1. The molecule has 11 nitrogen and oxygen atoms in total. The number of nitrogens with zero attached hydrogens (tertiary/aromatic N) is 2. The molecule has 5 rings (SSSR count). The van der Waals surface area contributed by atoms with E-state index < -0.39 is 29.5 Å². The van der Waals surface area contributed by atoms with E-state index in [1.165, 1.54) is 25.3 Å². The maximum Gasteiger partial charge on any atom is 0.350 e. The van der Waals surface area contributed by atoms with Gasteiger partial charge in [0.25, 0.3) is 5.78 Å². The van der Waals surface area contributed by atoms with E-state index in [0.717, 1.165) is 16.2 Å². The molecule has 2 aliphatic rings. The highest BCUT2D eigenvalue weighted by atomic mass is 79.9. The van der Waals surface area contributed by atoms with Crippen molar-refractivity contribution < 1.29 is 43.5 Å². The molecule has 40 heavy (non-hydrogen) atoms. The molecule has 0 radical (unpaired) electrons. The van der Waals surface area contributed by atoms with Gasteiger partial charge in [0.05, 0.1) is 35.5 Å². The highest BCUT2D eigenvalue weighted by Crippen LogP contribution is 2.47. The van der Waals surface area contributed by atoms with Crippen LogP contribution in [-0.4, -0.2) is 59.8 Å². The quantitative estimate of drug-likeness (QED) is 0.173. The van der Waals surface area contributed by atoms with E-state index in [-0.39, 0.29) is 43.7 Å². The minimum atomic E-state index is -1.19. The number of thiazole rings is 1. The van der Waals surface area contributed by atoms with E-state index in [2.05, 4.69) is 20.9 Å². The Bertz CT molecular complexity index is 1580. The Hall–Kier alpha value is -4.10. The van der Waals surface area contributed by atoms with Crippen LogP contribution in [0.15, 0.2) is 40.4 Å². The number of benzene rings is 2. The van der Waals surface area contributed by atoms with E-state index in [4.69, 9.17) is 18.9 Å². The highest BCUT2D eigenvalue weighted by Gasteiger charge is 2.49. The minimum absolute atomic E-state index is 0.0528. The Kier molecular flexibility index (Phi) is 7.43. The first kappa shape index (κ1) is 27.5. The summed E-state index contributed by atoms with van der Waals surface area (Å²) in [5.74, 6) is -2.25. The van der Waals surface area contributed by atoms with Crippen molar-refractivity contribution in [3.05, 3.63) is 62.1 Å². The van der Waals surface area contributed by atoms with Gasteiger partial charge in [0.2, 0.25) is 0 Å². The van der Waals surface area contributed by atoms with Crippen molar-refractivity contribution >= 4 is 55.8 Å². The van der Waals surface area contributed by atoms with Crippen LogP contribution in [0, 0.1) is 6.92 Å². The molecular formula is C27H23BrN2O9S. The number of anilines is 1. The van der Waals surface area contributed by atoms with Crippen molar-refractivity contribution in [2.75, 3.05) is 31.8 Å². The summed E-state index contributed by atoms with van der Waals surface area (Å²) in [5, 5.41) is 21.9. The molecule has 0 saturated carbocycles. The first-order valence-corrected chi connectivity index (χ1v) is 13.7. The molecule has 3 heterocycles. The monoisotopic (exact) mass is 630 g/mol. The number of phenolic OH excluding ortho intramolecular Hbond substituents is 1. The first-order valence-electron chi connectivity index (χ1n) is 12.1. The van der Waals surface area contributed by atoms with Gasteiger partial charge in [0.1, 0.15) is 23.9 Å². The van der Waals surface area contributed by atoms with Crippen LogP contribution in [-0.2, 0) is 14.3 Å². The lowest BCUT2D eigenvalue weighted by atomic mass is 9.95. The maximum atomic E-state index is 13.5. The fourth-order valence-corrected chi connectivity index (χ4v) is 5.92. The van der Waals surface area contributed by atoms with Gasteiger partial charge in [-0.1, -0.05) is 11.3 Å². The van der Waals surface area contributed by atoms with Crippen LogP contribution in [0.25, 0.3) is 5.76 Å². The van der Waals surface area contributed by atoms with Crippen molar-refractivity contribution in [1.29, 1.82) is 0 Å². The smallest absolute Gasteiger partial charge is 0.350 e. The minimum Gasteiger partial charge on any atom is -0.507 e. The normalized spacial score (nSPS) is 17.7. The number of aryl methyl sites for hydroxylation is 1. The third kappa shape index (κ3) is 4.64. The summed E-state index contributed by atoms with van der Waals surface area (Å²) >= 11 is 4.17. The molecule has 0 bridgehead atoms. The van der Waals surface area contributed by atoms with Gasteiger partial charge in [-0.3, -0.25) is 14.5 Å². The highest BCUT2D eigenvalue weighted by molar-refractivity contribution is 9.10. The lowest BCUT2D eigenvalue weighted by Crippen LogP contribution is -2.29. The van der Waals surface area contributed by atoms with E-state index in [1.54, 1.807) is 26.0 Å².